The van der Waals surface area contributed by atoms with Gasteiger partial charge in [-0.15, -0.1) is 0 Å². The molecule has 5 heteroatoms. The maximum Gasteiger partial charge on any atom is 0.338 e. The first-order chi connectivity index (χ1) is 9.40. The van der Waals surface area contributed by atoms with Gasteiger partial charge in [-0.25, -0.2) is 9.18 Å². The number of nitrogens with zero attached hydrogens (tertiary/aromatic N) is 1. The zero-order valence-electron chi connectivity index (χ0n) is 12.2. The minimum atomic E-state index is -0.605. The number of halogens is 1. The Hall–Kier alpha value is -1.72. The van der Waals surface area contributed by atoms with Crippen LogP contribution in [-0.4, -0.2) is 31.6 Å². The van der Waals surface area contributed by atoms with Crippen LogP contribution in [-0.2, 0) is 22.6 Å². The van der Waals surface area contributed by atoms with E-state index in [9.17, 15) is 9.18 Å². The van der Waals surface area contributed by atoms with Gasteiger partial charge in [0, 0.05) is 18.7 Å². The summed E-state index contributed by atoms with van der Waals surface area (Å²) in [5.41, 5.74) is 7.15. The predicted octanol–water partition coefficient (Wildman–Crippen LogP) is 1.92. The molecule has 0 aliphatic heterocycles. The first-order valence-electron chi connectivity index (χ1n) is 6.43. The number of carbonyl (C=O) groups is 1. The highest BCUT2D eigenvalue weighted by Crippen LogP contribution is 2.25. The zero-order valence-corrected chi connectivity index (χ0v) is 12.2. The smallest absolute Gasteiger partial charge is 0.338 e. The number of benzene rings is 1. The molecular formula is C15H21FN2O2. The Morgan fingerprint density at radius 1 is 1.45 bits per heavy atom. The maximum atomic E-state index is 14.3. The van der Waals surface area contributed by atoms with Gasteiger partial charge in [-0.2, -0.15) is 0 Å². The summed E-state index contributed by atoms with van der Waals surface area (Å²) in [6.07, 6.45) is 0. The summed E-state index contributed by atoms with van der Waals surface area (Å²) in [5, 5.41) is 0. The van der Waals surface area contributed by atoms with Crippen molar-refractivity contribution in [3.8, 4) is 0 Å². The highest BCUT2D eigenvalue weighted by molar-refractivity contribution is 6.16. The van der Waals surface area contributed by atoms with Crippen molar-refractivity contribution in [1.82, 2.24) is 4.90 Å². The molecule has 20 heavy (non-hydrogen) atoms. The van der Waals surface area contributed by atoms with Crippen molar-refractivity contribution in [2.45, 2.75) is 20.0 Å². The van der Waals surface area contributed by atoms with E-state index in [1.807, 2.05) is 19.0 Å². The molecular weight excluding hydrogens is 259 g/mol. The van der Waals surface area contributed by atoms with Crippen LogP contribution in [0.1, 0.15) is 23.6 Å². The first-order valence-corrected chi connectivity index (χ1v) is 6.43. The Kier molecular flexibility index (Phi) is 5.85. The summed E-state index contributed by atoms with van der Waals surface area (Å²) in [7, 11) is 3.73. The number of hydrogen-bond acceptors (Lipinski definition) is 4. The van der Waals surface area contributed by atoms with Crippen molar-refractivity contribution in [3.05, 3.63) is 41.2 Å². The van der Waals surface area contributed by atoms with Gasteiger partial charge >= 0.3 is 5.97 Å². The highest BCUT2D eigenvalue weighted by atomic mass is 19.1. The fraction of sp³-hybridized carbons (Fsp3) is 0.400. The maximum absolute atomic E-state index is 14.3. The lowest BCUT2D eigenvalue weighted by Crippen LogP contribution is -2.16. The molecule has 0 amide bonds. The Morgan fingerprint density at radius 2 is 2.10 bits per heavy atom. The SMILES string of the molecule is C=C(C(=O)OCC)c1c(F)cc(CN)cc1CN(C)C. The van der Waals surface area contributed by atoms with E-state index in [0.29, 0.717) is 17.7 Å². The number of rotatable bonds is 6. The summed E-state index contributed by atoms with van der Waals surface area (Å²) >= 11 is 0. The lowest BCUT2D eigenvalue weighted by atomic mass is 9.97. The van der Waals surface area contributed by atoms with Crippen LogP contribution in [0, 0.1) is 5.82 Å². The number of nitrogens with two attached hydrogens (primary N) is 1. The lowest BCUT2D eigenvalue weighted by molar-refractivity contribution is -0.136. The Bertz CT molecular complexity index is 513. The standard InChI is InChI=1S/C15H21FN2O2/c1-5-20-15(19)10(2)14-12(9-18(3)4)6-11(8-17)7-13(14)16/h6-7H,2,5,8-9,17H2,1,3-4H3. The third kappa shape index (κ3) is 3.88. The van der Waals surface area contributed by atoms with E-state index in [0.717, 1.165) is 0 Å². The van der Waals surface area contributed by atoms with Gasteiger partial charge in [-0.3, -0.25) is 0 Å². The van der Waals surface area contributed by atoms with Gasteiger partial charge in [-0.1, -0.05) is 12.6 Å². The molecule has 0 spiro atoms. The van der Waals surface area contributed by atoms with Gasteiger partial charge in [-0.05, 0) is 38.2 Å². The van der Waals surface area contributed by atoms with Gasteiger partial charge in [0.1, 0.15) is 5.82 Å². The normalized spacial score (nSPS) is 10.7. The van der Waals surface area contributed by atoms with Gasteiger partial charge in [0.15, 0.2) is 0 Å². The van der Waals surface area contributed by atoms with Crippen LogP contribution < -0.4 is 5.73 Å². The Balaban J connectivity index is 3.28. The molecule has 0 radical (unpaired) electrons. The monoisotopic (exact) mass is 280 g/mol. The average Bonchev–Trinajstić information content (AvgIpc) is 2.37. The lowest BCUT2D eigenvalue weighted by Gasteiger charge is -2.17. The van der Waals surface area contributed by atoms with E-state index in [-0.39, 0.29) is 24.3 Å². The molecule has 0 unspecified atom stereocenters. The van der Waals surface area contributed by atoms with E-state index in [4.69, 9.17) is 10.5 Å². The largest absolute Gasteiger partial charge is 0.462 e. The predicted molar refractivity (Wildman–Crippen MR) is 77.3 cm³/mol. The van der Waals surface area contributed by atoms with Gasteiger partial charge < -0.3 is 15.4 Å². The minimum absolute atomic E-state index is 0.0322. The van der Waals surface area contributed by atoms with Crippen molar-refractivity contribution in [2.75, 3.05) is 20.7 Å². The summed E-state index contributed by atoms with van der Waals surface area (Å²) in [6.45, 7) is 6.31. The van der Waals surface area contributed by atoms with E-state index < -0.39 is 11.8 Å². The van der Waals surface area contributed by atoms with Crippen LogP contribution in [0.15, 0.2) is 18.7 Å². The number of esters is 1. The van der Waals surface area contributed by atoms with Crippen LogP contribution in [0.25, 0.3) is 5.57 Å². The van der Waals surface area contributed by atoms with Crippen LogP contribution in [0.5, 0.6) is 0 Å². The molecule has 1 aromatic rings. The van der Waals surface area contributed by atoms with E-state index in [1.54, 1.807) is 13.0 Å². The molecule has 0 saturated heterocycles. The highest BCUT2D eigenvalue weighted by Gasteiger charge is 2.20. The summed E-state index contributed by atoms with van der Waals surface area (Å²) in [5.74, 6) is -1.10. The molecule has 0 saturated carbocycles. The van der Waals surface area contributed by atoms with Crippen LogP contribution >= 0.6 is 0 Å². The second-order valence-electron chi connectivity index (χ2n) is 4.75. The summed E-state index contributed by atoms with van der Waals surface area (Å²) in [4.78, 5) is 13.6. The molecule has 4 nitrogen and oxygen atoms in total. The van der Waals surface area contributed by atoms with Crippen LogP contribution in [0.4, 0.5) is 4.39 Å². The molecule has 1 rings (SSSR count). The van der Waals surface area contributed by atoms with Crippen molar-refractivity contribution in [3.63, 3.8) is 0 Å². The molecule has 0 aliphatic rings. The van der Waals surface area contributed by atoms with Crippen molar-refractivity contribution < 1.29 is 13.9 Å². The Morgan fingerprint density at radius 3 is 2.60 bits per heavy atom. The molecule has 0 aliphatic carbocycles. The van der Waals surface area contributed by atoms with E-state index in [2.05, 4.69) is 6.58 Å². The summed E-state index contributed by atoms with van der Waals surface area (Å²) < 4.78 is 19.1. The second-order valence-corrected chi connectivity index (χ2v) is 4.75. The summed E-state index contributed by atoms with van der Waals surface area (Å²) in [6, 6.07) is 3.13. The molecule has 0 fully saturated rings. The van der Waals surface area contributed by atoms with Crippen molar-refractivity contribution in [2.24, 2.45) is 5.73 Å². The molecule has 0 aromatic heterocycles. The molecule has 110 valence electrons. The Labute approximate surface area is 119 Å². The minimum Gasteiger partial charge on any atom is -0.462 e. The third-order valence-corrected chi connectivity index (χ3v) is 2.78. The fourth-order valence-electron chi connectivity index (χ4n) is 1.97. The van der Waals surface area contributed by atoms with Gasteiger partial charge in [0.25, 0.3) is 0 Å². The van der Waals surface area contributed by atoms with Crippen molar-refractivity contribution >= 4 is 11.5 Å². The molecule has 0 heterocycles. The topological polar surface area (TPSA) is 55.6 Å². The molecule has 2 N–H and O–H groups in total. The molecule has 0 bridgehead atoms. The fourth-order valence-corrected chi connectivity index (χ4v) is 1.97. The number of ether oxygens (including phenoxy) is 1. The zero-order chi connectivity index (χ0) is 15.3. The molecule has 0 atom stereocenters. The van der Waals surface area contributed by atoms with Gasteiger partial charge in [0.2, 0.25) is 0 Å². The average molecular weight is 280 g/mol. The number of carbonyl (C=O) groups excluding carboxylic acids is 1. The van der Waals surface area contributed by atoms with Gasteiger partial charge in [0.05, 0.1) is 12.2 Å². The quantitative estimate of drug-likeness (QED) is 0.639. The van der Waals surface area contributed by atoms with Crippen molar-refractivity contribution in [1.29, 1.82) is 0 Å². The second kappa shape index (κ2) is 7.17. The van der Waals surface area contributed by atoms with E-state index in [1.165, 1.54) is 6.07 Å². The molecule has 1 aromatic carbocycles. The first kappa shape index (κ1) is 16.3. The number of hydrogen-bond donors (Lipinski definition) is 1. The van der Waals surface area contributed by atoms with E-state index >= 15 is 0 Å². The third-order valence-electron chi connectivity index (χ3n) is 2.78. The van der Waals surface area contributed by atoms with Crippen LogP contribution in [0.2, 0.25) is 0 Å². The van der Waals surface area contributed by atoms with Crippen LogP contribution in [0.3, 0.4) is 0 Å².